The number of nitrogens with one attached hydrogen (secondary N) is 1. The normalized spacial score (nSPS) is 21.3. The van der Waals surface area contributed by atoms with E-state index in [2.05, 4.69) is 24.2 Å². The second-order valence-electron chi connectivity index (χ2n) is 6.27. The maximum atomic E-state index is 9.55. The first kappa shape index (κ1) is 16.9. The summed E-state index contributed by atoms with van der Waals surface area (Å²) in [7, 11) is 4.25. The van der Waals surface area contributed by atoms with E-state index in [1.54, 1.807) is 0 Å². The zero-order valence-electron chi connectivity index (χ0n) is 13.2. The van der Waals surface area contributed by atoms with E-state index in [1.165, 1.54) is 44.9 Å². The van der Waals surface area contributed by atoms with Crippen LogP contribution in [0.15, 0.2) is 0 Å². The number of aliphatic hydroxyl groups excluding tert-OH is 1. The van der Waals surface area contributed by atoms with Gasteiger partial charge in [0.05, 0.1) is 6.61 Å². The van der Waals surface area contributed by atoms with Crippen molar-refractivity contribution in [2.75, 3.05) is 27.2 Å². The molecule has 0 saturated heterocycles. The van der Waals surface area contributed by atoms with E-state index < -0.39 is 0 Å². The molecule has 0 heterocycles. The van der Waals surface area contributed by atoms with Crippen LogP contribution >= 0.6 is 0 Å². The predicted molar refractivity (Wildman–Crippen MR) is 82.5 cm³/mol. The first-order valence-electron chi connectivity index (χ1n) is 8.17. The number of likely N-dealkylation sites (N-methyl/N-ethyl adjacent to an activating group) is 1. The Labute approximate surface area is 119 Å². The van der Waals surface area contributed by atoms with Crippen molar-refractivity contribution in [3.05, 3.63) is 0 Å². The lowest BCUT2D eigenvalue weighted by Gasteiger charge is -2.32. The molecule has 19 heavy (non-hydrogen) atoms. The molecule has 1 unspecified atom stereocenters. The third kappa shape index (κ3) is 5.41. The molecule has 0 bridgehead atoms. The number of hydrogen-bond donors (Lipinski definition) is 2. The van der Waals surface area contributed by atoms with E-state index in [0.717, 1.165) is 25.4 Å². The Bertz CT molecular complexity index is 213. The van der Waals surface area contributed by atoms with Crippen molar-refractivity contribution in [1.82, 2.24) is 10.2 Å². The summed E-state index contributed by atoms with van der Waals surface area (Å²) in [6.45, 7) is 3.56. The van der Waals surface area contributed by atoms with Crippen molar-refractivity contribution < 1.29 is 5.11 Å². The highest BCUT2D eigenvalue weighted by Gasteiger charge is 2.25. The number of hydrogen-bond acceptors (Lipinski definition) is 3. The molecule has 1 fully saturated rings. The molecule has 1 aliphatic rings. The summed E-state index contributed by atoms with van der Waals surface area (Å²) in [6, 6.07) is 0.794. The Kier molecular flexibility index (Phi) is 7.96. The maximum absolute atomic E-state index is 9.55. The summed E-state index contributed by atoms with van der Waals surface area (Å²) in [4.78, 5) is 2.55. The molecular formula is C16H34N2O. The molecule has 1 rings (SSSR count). The summed E-state index contributed by atoms with van der Waals surface area (Å²) < 4.78 is 0. The SMILES string of the molecule is CCC(CO)(CCCN(C)C1CCCCCC1)NC. The fraction of sp³-hybridized carbons (Fsp3) is 1.00. The molecule has 3 heteroatoms. The maximum Gasteiger partial charge on any atom is 0.0613 e. The molecule has 1 aliphatic carbocycles. The van der Waals surface area contributed by atoms with Crippen molar-refractivity contribution in [2.45, 2.75) is 76.3 Å². The first-order chi connectivity index (χ1) is 9.17. The van der Waals surface area contributed by atoms with Crippen molar-refractivity contribution in [1.29, 1.82) is 0 Å². The zero-order valence-corrected chi connectivity index (χ0v) is 13.2. The van der Waals surface area contributed by atoms with Crippen LogP contribution in [-0.4, -0.2) is 48.8 Å². The Morgan fingerprint density at radius 1 is 1.21 bits per heavy atom. The van der Waals surface area contributed by atoms with Gasteiger partial charge in [-0.2, -0.15) is 0 Å². The van der Waals surface area contributed by atoms with Gasteiger partial charge in [0.25, 0.3) is 0 Å². The van der Waals surface area contributed by atoms with E-state index in [4.69, 9.17) is 0 Å². The minimum absolute atomic E-state index is 0.0652. The molecule has 1 saturated carbocycles. The van der Waals surface area contributed by atoms with Gasteiger partial charge in [0, 0.05) is 11.6 Å². The Hall–Kier alpha value is -0.120. The summed E-state index contributed by atoms with van der Waals surface area (Å²) in [5, 5.41) is 12.9. The van der Waals surface area contributed by atoms with E-state index in [9.17, 15) is 5.11 Å². The van der Waals surface area contributed by atoms with Crippen LogP contribution in [0, 0.1) is 0 Å². The minimum atomic E-state index is -0.0652. The standard InChI is InChI=1S/C16H34N2O/c1-4-16(14-19,17-2)12-9-13-18(3)15-10-7-5-6-8-11-15/h15,17,19H,4-14H2,1-3H3. The Morgan fingerprint density at radius 2 is 1.84 bits per heavy atom. The molecular weight excluding hydrogens is 236 g/mol. The highest BCUT2D eigenvalue weighted by molar-refractivity contribution is 4.85. The topological polar surface area (TPSA) is 35.5 Å². The molecule has 1 atom stereocenters. The van der Waals surface area contributed by atoms with E-state index in [1.807, 2.05) is 7.05 Å². The highest BCUT2D eigenvalue weighted by Crippen LogP contribution is 2.22. The lowest BCUT2D eigenvalue weighted by Crippen LogP contribution is -2.46. The molecule has 0 radical (unpaired) electrons. The van der Waals surface area contributed by atoms with Gasteiger partial charge < -0.3 is 15.3 Å². The van der Waals surface area contributed by atoms with Crippen molar-refractivity contribution >= 4 is 0 Å². The van der Waals surface area contributed by atoms with Crippen LogP contribution < -0.4 is 5.32 Å². The first-order valence-corrected chi connectivity index (χ1v) is 8.17. The lowest BCUT2D eigenvalue weighted by atomic mass is 9.91. The van der Waals surface area contributed by atoms with Gasteiger partial charge in [0.1, 0.15) is 0 Å². The molecule has 0 aromatic rings. The van der Waals surface area contributed by atoms with E-state index in [-0.39, 0.29) is 12.1 Å². The zero-order chi connectivity index (χ0) is 14.1. The van der Waals surface area contributed by atoms with Gasteiger partial charge in [0.15, 0.2) is 0 Å². The van der Waals surface area contributed by atoms with Crippen molar-refractivity contribution in [2.24, 2.45) is 0 Å². The van der Waals surface area contributed by atoms with Crippen LogP contribution in [0.25, 0.3) is 0 Å². The third-order valence-corrected chi connectivity index (χ3v) is 5.12. The summed E-state index contributed by atoms with van der Waals surface area (Å²) in [6.07, 6.45) is 11.6. The number of nitrogens with zero attached hydrogens (tertiary/aromatic N) is 1. The molecule has 0 aliphatic heterocycles. The number of rotatable bonds is 8. The fourth-order valence-corrected chi connectivity index (χ4v) is 3.30. The van der Waals surface area contributed by atoms with Crippen LogP contribution in [0.4, 0.5) is 0 Å². The highest BCUT2D eigenvalue weighted by atomic mass is 16.3. The molecule has 0 aromatic carbocycles. The fourth-order valence-electron chi connectivity index (χ4n) is 3.30. The van der Waals surface area contributed by atoms with Crippen LogP contribution in [0.2, 0.25) is 0 Å². The monoisotopic (exact) mass is 270 g/mol. The summed E-state index contributed by atoms with van der Waals surface area (Å²) >= 11 is 0. The summed E-state index contributed by atoms with van der Waals surface area (Å²) in [5.74, 6) is 0. The van der Waals surface area contributed by atoms with Crippen LogP contribution in [0.1, 0.15) is 64.7 Å². The third-order valence-electron chi connectivity index (χ3n) is 5.12. The predicted octanol–water partition coefficient (Wildman–Crippen LogP) is 2.78. The Morgan fingerprint density at radius 3 is 2.32 bits per heavy atom. The van der Waals surface area contributed by atoms with E-state index in [0.29, 0.717) is 0 Å². The molecule has 0 aromatic heterocycles. The second kappa shape index (κ2) is 8.93. The van der Waals surface area contributed by atoms with Crippen molar-refractivity contribution in [3.63, 3.8) is 0 Å². The minimum Gasteiger partial charge on any atom is -0.394 e. The molecule has 0 spiro atoms. The summed E-state index contributed by atoms with van der Waals surface area (Å²) in [5.41, 5.74) is -0.0652. The van der Waals surface area contributed by atoms with Gasteiger partial charge in [-0.3, -0.25) is 0 Å². The van der Waals surface area contributed by atoms with E-state index >= 15 is 0 Å². The molecule has 2 N–H and O–H groups in total. The number of aliphatic hydroxyl groups is 1. The second-order valence-corrected chi connectivity index (χ2v) is 6.27. The van der Waals surface area contributed by atoms with Gasteiger partial charge in [-0.1, -0.05) is 32.6 Å². The average molecular weight is 270 g/mol. The largest absolute Gasteiger partial charge is 0.394 e. The smallest absolute Gasteiger partial charge is 0.0613 e. The molecule has 114 valence electrons. The Balaban J connectivity index is 2.30. The van der Waals surface area contributed by atoms with Gasteiger partial charge >= 0.3 is 0 Å². The van der Waals surface area contributed by atoms with Crippen LogP contribution in [-0.2, 0) is 0 Å². The van der Waals surface area contributed by atoms with Crippen molar-refractivity contribution in [3.8, 4) is 0 Å². The van der Waals surface area contributed by atoms with Crippen LogP contribution in [0.5, 0.6) is 0 Å². The molecule has 3 nitrogen and oxygen atoms in total. The average Bonchev–Trinajstić information content (AvgIpc) is 2.73. The van der Waals surface area contributed by atoms with Crippen LogP contribution in [0.3, 0.4) is 0 Å². The van der Waals surface area contributed by atoms with Gasteiger partial charge in [0.2, 0.25) is 0 Å². The quantitative estimate of drug-likeness (QED) is 0.666. The van der Waals surface area contributed by atoms with Gasteiger partial charge in [-0.05, 0) is 52.7 Å². The van der Waals surface area contributed by atoms with Gasteiger partial charge in [-0.15, -0.1) is 0 Å². The van der Waals surface area contributed by atoms with Gasteiger partial charge in [-0.25, -0.2) is 0 Å². The molecule has 0 amide bonds. The lowest BCUT2D eigenvalue weighted by molar-refractivity contribution is 0.142.